The fraction of sp³-hybridized carbons (Fsp3) is 0.520. The highest BCUT2D eigenvalue weighted by Crippen LogP contribution is 2.47. The molecule has 1 aromatic heterocycles. The molecule has 1 saturated carbocycles. The largest absolute Gasteiger partial charge is 0.477 e. The number of aromatic carboxylic acids is 1. The van der Waals surface area contributed by atoms with E-state index in [1.54, 1.807) is 0 Å². The van der Waals surface area contributed by atoms with E-state index in [0.29, 0.717) is 11.5 Å². The molecule has 6 heteroatoms. The van der Waals surface area contributed by atoms with Crippen molar-refractivity contribution in [3.8, 4) is 10.4 Å². The van der Waals surface area contributed by atoms with Crippen LogP contribution < -0.4 is 5.32 Å². The Bertz CT molecular complexity index is 910. The summed E-state index contributed by atoms with van der Waals surface area (Å²) in [5, 5.41) is 12.9. The number of carbonyl (C=O) groups excluding carboxylic acids is 1. The van der Waals surface area contributed by atoms with Gasteiger partial charge >= 0.3 is 5.97 Å². The van der Waals surface area contributed by atoms with Crippen LogP contribution in [0.15, 0.2) is 36.4 Å². The number of amides is 1. The summed E-state index contributed by atoms with van der Waals surface area (Å²) >= 11 is 1.40. The number of carboxylic acid groups (broad SMARTS) is 1. The van der Waals surface area contributed by atoms with Crippen molar-refractivity contribution in [3.63, 3.8) is 0 Å². The number of piperidine rings is 1. The van der Waals surface area contributed by atoms with Gasteiger partial charge in [-0.1, -0.05) is 30.3 Å². The highest BCUT2D eigenvalue weighted by Gasteiger charge is 2.49. The minimum atomic E-state index is -0.815. The fourth-order valence-corrected chi connectivity index (χ4v) is 6.95. The SMILES string of the molecule is CC1([N+]2(CNC=O)CCCCC2)CCC(c2cc(-c3ccccc3)sc2C(=O)O)CC1. The molecule has 1 aromatic carbocycles. The zero-order chi connectivity index (χ0) is 21.9. The maximum absolute atomic E-state index is 12.0. The summed E-state index contributed by atoms with van der Waals surface area (Å²) in [6.07, 6.45) is 8.67. The minimum Gasteiger partial charge on any atom is -0.477 e. The lowest BCUT2D eigenvalue weighted by Crippen LogP contribution is -2.68. The first-order chi connectivity index (χ1) is 15.0. The van der Waals surface area contributed by atoms with Crippen molar-refractivity contribution in [1.82, 2.24) is 5.32 Å². The molecule has 5 nitrogen and oxygen atoms in total. The van der Waals surface area contributed by atoms with Crippen LogP contribution in [-0.4, -0.2) is 47.3 Å². The van der Waals surface area contributed by atoms with Gasteiger partial charge in [-0.25, -0.2) is 4.79 Å². The van der Waals surface area contributed by atoms with E-state index in [1.807, 2.05) is 30.3 Å². The van der Waals surface area contributed by atoms with Gasteiger partial charge in [-0.15, -0.1) is 11.3 Å². The van der Waals surface area contributed by atoms with Gasteiger partial charge in [-0.3, -0.25) is 4.79 Å². The van der Waals surface area contributed by atoms with E-state index in [-0.39, 0.29) is 11.5 Å². The van der Waals surface area contributed by atoms with Crippen LogP contribution in [0, 0.1) is 0 Å². The maximum atomic E-state index is 12.0. The molecule has 1 aliphatic carbocycles. The van der Waals surface area contributed by atoms with Gasteiger partial charge < -0.3 is 14.9 Å². The molecule has 1 aliphatic heterocycles. The van der Waals surface area contributed by atoms with Gasteiger partial charge in [0.25, 0.3) is 0 Å². The van der Waals surface area contributed by atoms with E-state index in [4.69, 9.17) is 0 Å². The van der Waals surface area contributed by atoms with Crippen LogP contribution >= 0.6 is 11.3 Å². The molecule has 0 atom stereocenters. The number of nitrogens with one attached hydrogen (secondary N) is 1. The number of quaternary nitrogens is 1. The minimum absolute atomic E-state index is 0.134. The molecule has 0 radical (unpaired) electrons. The Morgan fingerprint density at radius 2 is 1.87 bits per heavy atom. The van der Waals surface area contributed by atoms with Gasteiger partial charge in [0.05, 0.1) is 18.6 Å². The van der Waals surface area contributed by atoms with Crippen molar-refractivity contribution in [3.05, 3.63) is 46.8 Å². The van der Waals surface area contributed by atoms with Crippen molar-refractivity contribution in [2.24, 2.45) is 0 Å². The molecule has 2 aromatic rings. The lowest BCUT2D eigenvalue weighted by Gasteiger charge is -2.55. The average Bonchev–Trinajstić information content (AvgIpc) is 3.25. The highest BCUT2D eigenvalue weighted by atomic mass is 32.1. The Kier molecular flexibility index (Phi) is 6.49. The van der Waals surface area contributed by atoms with Crippen LogP contribution in [-0.2, 0) is 4.79 Å². The second-order valence-corrected chi connectivity index (χ2v) is 10.5. The molecule has 0 unspecified atom stereocenters. The lowest BCUT2D eigenvalue weighted by molar-refractivity contribution is -0.981. The fourth-order valence-electron chi connectivity index (χ4n) is 5.86. The molecular formula is C25H33N2O3S+. The van der Waals surface area contributed by atoms with E-state index in [0.717, 1.165) is 65.7 Å². The van der Waals surface area contributed by atoms with Crippen LogP contribution in [0.1, 0.15) is 73.0 Å². The Morgan fingerprint density at radius 3 is 2.48 bits per heavy atom. The third-order valence-corrected chi connectivity index (χ3v) is 9.00. The first-order valence-corrected chi connectivity index (χ1v) is 12.3. The third kappa shape index (κ3) is 4.28. The number of carboxylic acids is 1. The third-order valence-electron chi connectivity index (χ3n) is 7.81. The average molecular weight is 442 g/mol. The quantitative estimate of drug-likeness (QED) is 0.456. The van der Waals surface area contributed by atoms with Crippen molar-refractivity contribution in [1.29, 1.82) is 0 Å². The van der Waals surface area contributed by atoms with Crippen LogP contribution in [0.5, 0.6) is 0 Å². The van der Waals surface area contributed by atoms with Crippen molar-refractivity contribution in [2.75, 3.05) is 19.8 Å². The Hall–Kier alpha value is -2.18. The molecule has 1 saturated heterocycles. The normalized spacial score (nSPS) is 25.6. The van der Waals surface area contributed by atoms with E-state index < -0.39 is 5.97 Å². The van der Waals surface area contributed by atoms with Gasteiger partial charge in [0.15, 0.2) is 6.67 Å². The van der Waals surface area contributed by atoms with Crippen molar-refractivity contribution < 1.29 is 19.2 Å². The Labute approximate surface area is 188 Å². The summed E-state index contributed by atoms with van der Waals surface area (Å²) in [6, 6.07) is 12.2. The van der Waals surface area contributed by atoms with Crippen LogP contribution in [0.2, 0.25) is 0 Å². The first-order valence-electron chi connectivity index (χ1n) is 11.4. The number of benzene rings is 1. The molecule has 166 valence electrons. The molecular weight excluding hydrogens is 408 g/mol. The summed E-state index contributed by atoms with van der Waals surface area (Å²) in [5.74, 6) is -0.526. The van der Waals surface area contributed by atoms with Crippen LogP contribution in [0.4, 0.5) is 0 Å². The zero-order valence-corrected chi connectivity index (χ0v) is 19.1. The van der Waals surface area contributed by atoms with Crippen LogP contribution in [0.3, 0.4) is 0 Å². The van der Waals surface area contributed by atoms with Crippen molar-refractivity contribution in [2.45, 2.75) is 63.3 Å². The zero-order valence-electron chi connectivity index (χ0n) is 18.3. The van der Waals surface area contributed by atoms with Gasteiger partial charge in [0.1, 0.15) is 4.88 Å². The molecule has 4 rings (SSSR count). The van der Waals surface area contributed by atoms with E-state index in [2.05, 4.69) is 18.3 Å². The molecule has 2 aliphatic rings. The van der Waals surface area contributed by atoms with Crippen molar-refractivity contribution >= 4 is 23.7 Å². The van der Waals surface area contributed by atoms with Gasteiger partial charge in [0.2, 0.25) is 6.41 Å². The monoisotopic (exact) mass is 441 g/mol. The van der Waals surface area contributed by atoms with E-state index >= 15 is 0 Å². The molecule has 0 bridgehead atoms. The smallest absolute Gasteiger partial charge is 0.346 e. The van der Waals surface area contributed by atoms with Gasteiger partial charge in [-0.05, 0) is 62.1 Å². The maximum Gasteiger partial charge on any atom is 0.346 e. The molecule has 31 heavy (non-hydrogen) atoms. The highest BCUT2D eigenvalue weighted by molar-refractivity contribution is 7.17. The second kappa shape index (κ2) is 9.13. The molecule has 2 N–H and O–H groups in total. The number of rotatable bonds is 7. The molecule has 2 heterocycles. The summed E-state index contributed by atoms with van der Waals surface area (Å²) < 4.78 is 0.975. The summed E-state index contributed by atoms with van der Waals surface area (Å²) in [4.78, 5) is 24.6. The first kappa shape index (κ1) is 22.0. The Balaban J connectivity index is 1.56. The number of hydrogen-bond donors (Lipinski definition) is 2. The van der Waals surface area contributed by atoms with Crippen LogP contribution in [0.25, 0.3) is 10.4 Å². The predicted octanol–water partition coefficient (Wildman–Crippen LogP) is 5.23. The second-order valence-electron chi connectivity index (χ2n) is 9.47. The van der Waals surface area contributed by atoms with E-state index in [9.17, 15) is 14.7 Å². The summed E-state index contributed by atoms with van der Waals surface area (Å²) in [6.45, 7) is 5.35. The molecule has 1 amide bonds. The van der Waals surface area contributed by atoms with Gasteiger partial charge in [-0.2, -0.15) is 0 Å². The summed E-state index contributed by atoms with van der Waals surface area (Å²) in [5.41, 5.74) is 2.23. The Morgan fingerprint density at radius 1 is 1.19 bits per heavy atom. The lowest BCUT2D eigenvalue weighted by atomic mass is 9.72. The number of nitrogens with zero attached hydrogens (tertiary/aromatic N) is 1. The topological polar surface area (TPSA) is 66.4 Å². The number of hydrogen-bond acceptors (Lipinski definition) is 3. The number of thiophene rings is 1. The predicted molar refractivity (Wildman–Crippen MR) is 124 cm³/mol. The standard InChI is InChI=1S/C25H32N2O3S/c1-25(27(17-26-18-28)14-6-3-7-15-27)12-10-19(11-13-25)21-16-22(31-23(21)24(29)30)20-8-4-2-5-9-20/h2,4-5,8-9,16,18-19H,3,6-7,10-15,17H2,1H3,(H-,26,28,29,30)/p+1. The number of carbonyl (C=O) groups is 2. The summed E-state index contributed by atoms with van der Waals surface area (Å²) in [7, 11) is 0. The number of likely N-dealkylation sites (tertiary alicyclic amines) is 1. The van der Waals surface area contributed by atoms with Gasteiger partial charge in [0, 0.05) is 17.7 Å². The van der Waals surface area contributed by atoms with E-state index in [1.165, 1.54) is 30.6 Å². The molecule has 0 spiro atoms. The molecule has 2 fully saturated rings.